The zero-order chi connectivity index (χ0) is 46.0. The average Bonchev–Trinajstić information content (AvgIpc) is 2.86. The van der Waals surface area contributed by atoms with Gasteiger partial charge in [-0.15, -0.1) is 0 Å². The Morgan fingerprint density at radius 2 is 0.421 bits per heavy atom. The first-order valence-electron chi connectivity index (χ1n) is 14.3. The summed E-state index contributed by atoms with van der Waals surface area (Å²) in [7, 11) is -59.6. The Morgan fingerprint density at radius 3 is 0.561 bits per heavy atom. The second-order valence-electron chi connectivity index (χ2n) is 12.1. The van der Waals surface area contributed by atoms with Crippen molar-refractivity contribution in [1.29, 1.82) is 0 Å². The molecular formula is C14H43N3O30P10. The Kier molecular flexibility index (Phi) is 21.0. The topological polar surface area (TPSA) is 585 Å². The molecular weight excluding hydrogens is 1000 g/mol. The van der Waals surface area contributed by atoms with Crippen LogP contribution >= 0.6 is 76.0 Å². The minimum absolute atomic E-state index is 0.0231. The van der Waals surface area contributed by atoms with Gasteiger partial charge in [-0.2, -0.15) is 0 Å². The molecule has 0 saturated heterocycles. The molecule has 0 spiro atoms. The van der Waals surface area contributed by atoms with Crippen LogP contribution in [0.15, 0.2) is 0 Å². The van der Waals surface area contributed by atoms with E-state index >= 15 is 0 Å². The van der Waals surface area contributed by atoms with Gasteiger partial charge >= 0.3 is 76.0 Å². The van der Waals surface area contributed by atoms with E-state index in [9.17, 15) is 144 Å². The highest BCUT2D eigenvalue weighted by Crippen LogP contribution is 2.59. The van der Waals surface area contributed by atoms with Gasteiger partial charge in [-0.1, -0.05) is 0 Å². The first-order chi connectivity index (χ1) is 24.6. The van der Waals surface area contributed by atoms with Crippen molar-refractivity contribution in [2.24, 2.45) is 0 Å². The van der Waals surface area contributed by atoms with E-state index in [0.29, 0.717) is 0 Å². The fourth-order valence-corrected chi connectivity index (χ4v) is 19.2. The van der Waals surface area contributed by atoms with Gasteiger partial charge < -0.3 is 97.9 Å². The van der Waals surface area contributed by atoms with Crippen molar-refractivity contribution < 1.29 is 144 Å². The van der Waals surface area contributed by atoms with E-state index in [1.54, 1.807) is 0 Å². The van der Waals surface area contributed by atoms with Gasteiger partial charge in [0.25, 0.3) is 0 Å². The summed E-state index contributed by atoms with van der Waals surface area (Å²) in [5, 5.41) is 0. The number of hydrogen-bond donors (Lipinski definition) is 20. The molecule has 57 heavy (non-hydrogen) atoms. The molecule has 33 nitrogen and oxygen atoms in total. The van der Waals surface area contributed by atoms with Gasteiger partial charge in [0.2, 0.25) is 0 Å². The van der Waals surface area contributed by atoms with E-state index in [-0.39, 0.29) is 14.7 Å². The lowest BCUT2D eigenvalue weighted by Gasteiger charge is -2.42. The van der Waals surface area contributed by atoms with Crippen LogP contribution in [0.3, 0.4) is 0 Å². The summed E-state index contributed by atoms with van der Waals surface area (Å²) in [4.78, 5) is 195. The minimum Gasteiger partial charge on any atom is -0.324 e. The van der Waals surface area contributed by atoms with Crippen LogP contribution in [0.2, 0.25) is 0 Å². The number of rotatable bonds is 26. The molecule has 0 aliphatic rings. The normalized spacial score (nSPS) is 17.9. The predicted octanol–water partition coefficient (Wildman–Crippen LogP) is -4.70. The van der Waals surface area contributed by atoms with Crippen LogP contribution in [-0.4, -0.2) is 198 Å². The van der Waals surface area contributed by atoms with E-state index < -0.39 is 162 Å². The van der Waals surface area contributed by atoms with Gasteiger partial charge in [0.1, 0.15) is 28.9 Å². The molecule has 0 rings (SSSR count). The lowest BCUT2D eigenvalue weighted by Crippen LogP contribution is -2.53. The van der Waals surface area contributed by atoms with Crippen LogP contribution < -0.4 is 0 Å². The highest BCUT2D eigenvalue weighted by atomic mass is 31.2. The summed E-state index contributed by atoms with van der Waals surface area (Å²) in [5.41, 5.74) is 0. The zero-order valence-corrected chi connectivity index (χ0v) is 37.0. The van der Waals surface area contributed by atoms with E-state index in [1.165, 1.54) is 0 Å². The van der Waals surface area contributed by atoms with Crippen molar-refractivity contribution >= 4 is 76.0 Å². The Hall–Kier alpha value is 1.38. The zero-order valence-electron chi connectivity index (χ0n) is 28.1. The Morgan fingerprint density at radius 1 is 0.263 bits per heavy atom. The van der Waals surface area contributed by atoms with Gasteiger partial charge in [-0.05, 0) is 0 Å². The van der Waals surface area contributed by atoms with E-state index in [4.69, 9.17) is 0 Å². The Bertz CT molecular complexity index is 1640. The van der Waals surface area contributed by atoms with Crippen molar-refractivity contribution in [3.8, 4) is 0 Å². The summed E-state index contributed by atoms with van der Waals surface area (Å²) >= 11 is 0. The van der Waals surface area contributed by atoms with Crippen LogP contribution in [0.1, 0.15) is 0 Å². The molecule has 5 atom stereocenters. The molecule has 0 amide bonds. The second-order valence-corrected chi connectivity index (χ2v) is 29.4. The molecule has 0 bridgehead atoms. The van der Waals surface area contributed by atoms with Gasteiger partial charge in [0.05, 0.1) is 30.8 Å². The van der Waals surface area contributed by atoms with Crippen molar-refractivity contribution in [1.82, 2.24) is 14.7 Å². The summed E-state index contributed by atoms with van der Waals surface area (Å²) < 4.78 is 122. The van der Waals surface area contributed by atoms with Gasteiger partial charge in [-0.3, -0.25) is 60.4 Å². The maximum atomic E-state index is 12.6. The van der Waals surface area contributed by atoms with E-state index in [0.717, 1.165) is 0 Å². The third-order valence-electron chi connectivity index (χ3n) is 7.19. The fourth-order valence-electron chi connectivity index (χ4n) is 5.01. The van der Waals surface area contributed by atoms with Crippen molar-refractivity contribution in [3.63, 3.8) is 0 Å². The molecule has 0 aromatic heterocycles. The molecule has 344 valence electrons. The van der Waals surface area contributed by atoms with Crippen LogP contribution in [0.25, 0.3) is 0 Å². The van der Waals surface area contributed by atoms with E-state index in [1.807, 2.05) is 0 Å². The molecule has 0 fully saturated rings. The summed E-state index contributed by atoms with van der Waals surface area (Å²) in [6.07, 6.45) is -10.4. The van der Waals surface area contributed by atoms with Gasteiger partial charge in [0.15, 0.2) is 0 Å². The lowest BCUT2D eigenvalue weighted by molar-refractivity contribution is 0.121. The molecule has 0 saturated carbocycles. The van der Waals surface area contributed by atoms with Gasteiger partial charge in [-0.25, -0.2) is 0 Å². The molecule has 43 heteroatoms. The van der Waals surface area contributed by atoms with Crippen LogP contribution in [-0.2, 0) is 45.7 Å². The molecule has 20 N–H and O–H groups in total. The largest absolute Gasteiger partial charge is 0.343 e. The average molecular weight is 1040 g/mol. The lowest BCUT2D eigenvalue weighted by atomic mass is 10.3. The fraction of sp³-hybridized carbons (Fsp3) is 1.00. The van der Waals surface area contributed by atoms with Crippen molar-refractivity contribution in [2.75, 3.05) is 57.0 Å². The second kappa shape index (κ2) is 20.5. The van der Waals surface area contributed by atoms with Crippen molar-refractivity contribution in [3.05, 3.63) is 0 Å². The first kappa shape index (κ1) is 58.4. The maximum absolute atomic E-state index is 12.6. The summed E-state index contributed by atoms with van der Waals surface area (Å²) in [6.45, 7) is -6.70. The highest BCUT2D eigenvalue weighted by Gasteiger charge is 2.52. The molecule has 0 heterocycles. The van der Waals surface area contributed by atoms with Gasteiger partial charge in [0, 0.05) is 26.2 Å². The molecule has 0 aromatic rings. The minimum atomic E-state index is -6.19. The Balaban J connectivity index is 8.14. The molecule has 0 aliphatic carbocycles. The van der Waals surface area contributed by atoms with Crippen LogP contribution in [0.4, 0.5) is 0 Å². The smallest absolute Gasteiger partial charge is 0.324 e. The molecule has 0 aromatic carbocycles. The Labute approximate surface area is 319 Å². The molecule has 0 aliphatic heterocycles. The van der Waals surface area contributed by atoms with Crippen LogP contribution in [0.5, 0.6) is 0 Å². The SMILES string of the molecule is O=P(O)(O)CC(N(CCN(C(CP(=O)(O)O)P(=O)(O)O)C(CP(=O)(O)O)P(=O)(O)O)CCN(C(CP(=O)(O)O)P(=O)(O)O)C(CP(=O)(O)O)P(=O)(O)O)P(=O)(O)O. The van der Waals surface area contributed by atoms with Crippen molar-refractivity contribution in [2.45, 2.75) is 28.9 Å². The monoisotopic (exact) mass is 1040 g/mol. The van der Waals surface area contributed by atoms with E-state index in [2.05, 4.69) is 0 Å². The summed E-state index contributed by atoms with van der Waals surface area (Å²) in [5.74, 6) is -15.7. The molecule has 0 radical (unpaired) electrons. The quantitative estimate of drug-likeness (QED) is 0.0362. The predicted molar refractivity (Wildman–Crippen MR) is 189 cm³/mol. The number of hydrogen-bond acceptors (Lipinski definition) is 13. The first-order valence-corrected chi connectivity index (χ1v) is 31.7. The standard InChI is InChI=1S/C14H43N3O30P10/c18-48(19,20)5-10(53(33,34)35)15(1-3-16(11(54(36,37)38)6-49(21,22)23)12(55(39,40)41)7-50(24,25)26)2-4-17(13(56(42,43)44)8-51(27,28)29)14(57(45,46)47)9-52(30,31)32/h10-14H,1-9H2,(H2,18,19,20)(H2,21,22,23)(H2,24,25,26)(H2,27,28,29)(H2,30,31,32)(H2,33,34,35)(H2,36,37,38)(H2,39,40,41)(H2,42,43,44)(H2,45,46,47). The summed E-state index contributed by atoms with van der Waals surface area (Å²) in [6, 6.07) is 0. The molecule has 5 unspecified atom stereocenters. The third kappa shape index (κ3) is 23.6. The highest BCUT2D eigenvalue weighted by molar-refractivity contribution is 7.59. The maximum Gasteiger partial charge on any atom is 0.343 e. The third-order valence-corrected chi connectivity index (χ3v) is 19.0. The number of nitrogens with zero attached hydrogens (tertiary/aromatic N) is 3. The van der Waals surface area contributed by atoms with Crippen LogP contribution in [0, 0.1) is 0 Å².